The lowest BCUT2D eigenvalue weighted by Crippen LogP contribution is -2.44. The highest BCUT2D eigenvalue weighted by Crippen LogP contribution is 2.12. The van der Waals surface area contributed by atoms with Gasteiger partial charge in [0.1, 0.15) is 17.7 Å². The summed E-state index contributed by atoms with van der Waals surface area (Å²) in [6.45, 7) is 14.9. The second-order valence-corrected chi connectivity index (χ2v) is 8.33. The first kappa shape index (κ1) is 22.1. The molecule has 26 heavy (non-hydrogen) atoms. The Morgan fingerprint density at radius 3 is 2.27 bits per heavy atom. The maximum atomic E-state index is 11.9. The minimum absolute atomic E-state index is 0.0183. The molecule has 1 atom stereocenters. The molecule has 1 amide bonds. The number of amides is 1. The number of hydrogen-bond donors (Lipinski definition) is 2. The Morgan fingerprint density at radius 1 is 1.12 bits per heavy atom. The number of hydrogen-bond acceptors (Lipinski definition) is 5. The van der Waals surface area contributed by atoms with Crippen LogP contribution in [-0.4, -0.2) is 66.3 Å². The quantitative estimate of drug-likeness (QED) is 0.446. The van der Waals surface area contributed by atoms with E-state index in [2.05, 4.69) is 15.6 Å². The Balaban J connectivity index is 2.59. The first-order chi connectivity index (χ1) is 11.9. The number of likely N-dealkylation sites (tertiary alicyclic amines) is 1. The van der Waals surface area contributed by atoms with Gasteiger partial charge < -0.3 is 25.0 Å². The van der Waals surface area contributed by atoms with Crippen molar-refractivity contribution in [3.05, 3.63) is 0 Å². The predicted octanol–water partition coefficient (Wildman–Crippen LogP) is 1.89. The molecule has 8 nitrogen and oxygen atoms in total. The van der Waals surface area contributed by atoms with Gasteiger partial charge in [-0.1, -0.05) is 0 Å². The molecule has 0 aromatic heterocycles. The Hall–Kier alpha value is -1.99. The van der Waals surface area contributed by atoms with E-state index < -0.39 is 17.3 Å². The van der Waals surface area contributed by atoms with Crippen LogP contribution in [0, 0.1) is 0 Å². The molecule has 0 aromatic carbocycles. The van der Waals surface area contributed by atoms with Crippen molar-refractivity contribution in [1.29, 1.82) is 0 Å². The van der Waals surface area contributed by atoms with Gasteiger partial charge in [-0.15, -0.1) is 0 Å². The van der Waals surface area contributed by atoms with E-state index in [-0.39, 0.29) is 18.6 Å². The van der Waals surface area contributed by atoms with Crippen molar-refractivity contribution in [3.8, 4) is 0 Å². The van der Waals surface area contributed by atoms with E-state index in [1.54, 1.807) is 0 Å². The smallest absolute Gasteiger partial charge is 0.407 e. The standard InChI is InChI=1S/C18H34N4O4/c1-8-19-15(20-11-14(23)25-17(2,3)4)22-10-9-13(12-22)21-16(24)26-18(5,6)7/h13H,8-12H2,1-7H3,(H,19,20)(H,21,24)/t13-/m1/s1. The van der Waals surface area contributed by atoms with Crippen LogP contribution in [-0.2, 0) is 14.3 Å². The lowest BCUT2D eigenvalue weighted by Gasteiger charge is -2.23. The summed E-state index contributed by atoms with van der Waals surface area (Å²) in [6, 6.07) is -0.0183. The van der Waals surface area contributed by atoms with Crippen LogP contribution in [0.5, 0.6) is 0 Å². The van der Waals surface area contributed by atoms with Crippen LogP contribution in [0.2, 0.25) is 0 Å². The zero-order valence-electron chi connectivity index (χ0n) is 17.1. The van der Waals surface area contributed by atoms with Gasteiger partial charge >= 0.3 is 12.1 Å². The molecule has 1 aliphatic heterocycles. The highest BCUT2D eigenvalue weighted by Gasteiger charge is 2.28. The van der Waals surface area contributed by atoms with Gasteiger partial charge in [0.2, 0.25) is 0 Å². The number of rotatable bonds is 4. The van der Waals surface area contributed by atoms with Crippen molar-refractivity contribution < 1.29 is 19.1 Å². The van der Waals surface area contributed by atoms with Crippen molar-refractivity contribution >= 4 is 18.0 Å². The summed E-state index contributed by atoms with van der Waals surface area (Å²) < 4.78 is 10.6. The monoisotopic (exact) mass is 370 g/mol. The van der Waals surface area contributed by atoms with Crippen LogP contribution >= 0.6 is 0 Å². The second kappa shape index (κ2) is 9.09. The molecule has 0 aromatic rings. The minimum atomic E-state index is -0.527. The van der Waals surface area contributed by atoms with Gasteiger partial charge in [0.25, 0.3) is 0 Å². The lowest BCUT2D eigenvalue weighted by atomic mass is 10.2. The maximum absolute atomic E-state index is 11.9. The van der Waals surface area contributed by atoms with E-state index >= 15 is 0 Å². The molecule has 0 unspecified atom stereocenters. The third kappa shape index (κ3) is 8.92. The average Bonchev–Trinajstić information content (AvgIpc) is 2.87. The highest BCUT2D eigenvalue weighted by molar-refractivity contribution is 5.83. The maximum Gasteiger partial charge on any atom is 0.407 e. The van der Waals surface area contributed by atoms with Crippen LogP contribution in [0.15, 0.2) is 4.99 Å². The van der Waals surface area contributed by atoms with Gasteiger partial charge in [0, 0.05) is 19.6 Å². The molecule has 0 aliphatic carbocycles. The highest BCUT2D eigenvalue weighted by atomic mass is 16.6. The van der Waals surface area contributed by atoms with Gasteiger partial charge in [-0.2, -0.15) is 0 Å². The number of guanidine groups is 1. The van der Waals surface area contributed by atoms with Gasteiger partial charge in [-0.05, 0) is 54.9 Å². The van der Waals surface area contributed by atoms with Crippen molar-refractivity contribution in [2.24, 2.45) is 4.99 Å². The largest absolute Gasteiger partial charge is 0.459 e. The third-order valence-corrected chi connectivity index (χ3v) is 3.32. The number of carbonyl (C=O) groups excluding carboxylic acids is 2. The van der Waals surface area contributed by atoms with Gasteiger partial charge in [-0.25, -0.2) is 9.79 Å². The summed E-state index contributed by atoms with van der Waals surface area (Å²) >= 11 is 0. The molecule has 0 saturated carbocycles. The first-order valence-electron chi connectivity index (χ1n) is 9.14. The number of carbonyl (C=O) groups is 2. The summed E-state index contributed by atoms with van der Waals surface area (Å²) in [5.41, 5.74) is -1.05. The zero-order valence-corrected chi connectivity index (χ0v) is 17.1. The SMILES string of the molecule is CCNC(=NCC(=O)OC(C)(C)C)N1CC[C@@H](NC(=O)OC(C)(C)C)C1. The Morgan fingerprint density at radius 2 is 1.73 bits per heavy atom. The van der Waals surface area contributed by atoms with Crippen molar-refractivity contribution in [1.82, 2.24) is 15.5 Å². The van der Waals surface area contributed by atoms with E-state index in [1.165, 1.54) is 0 Å². The molecule has 0 radical (unpaired) electrons. The minimum Gasteiger partial charge on any atom is -0.459 e. The summed E-state index contributed by atoms with van der Waals surface area (Å²) in [5, 5.41) is 6.06. The topological polar surface area (TPSA) is 92.3 Å². The molecule has 1 heterocycles. The first-order valence-corrected chi connectivity index (χ1v) is 9.14. The van der Waals surface area contributed by atoms with Crippen LogP contribution in [0.25, 0.3) is 0 Å². The van der Waals surface area contributed by atoms with E-state index in [0.29, 0.717) is 19.0 Å². The lowest BCUT2D eigenvalue weighted by molar-refractivity contribution is -0.152. The fourth-order valence-corrected chi connectivity index (χ4v) is 2.48. The molecular weight excluding hydrogens is 336 g/mol. The Labute approximate surface area is 156 Å². The van der Waals surface area contributed by atoms with E-state index in [4.69, 9.17) is 9.47 Å². The van der Waals surface area contributed by atoms with Crippen molar-refractivity contribution in [2.75, 3.05) is 26.2 Å². The Kier molecular flexibility index (Phi) is 7.71. The van der Waals surface area contributed by atoms with E-state index in [9.17, 15) is 9.59 Å². The molecule has 1 saturated heterocycles. The normalized spacial score (nSPS) is 18.5. The fraction of sp³-hybridized carbons (Fsp3) is 0.833. The van der Waals surface area contributed by atoms with Gasteiger partial charge in [0.05, 0.1) is 6.04 Å². The molecular formula is C18H34N4O4. The number of ether oxygens (including phenoxy) is 2. The number of esters is 1. The molecule has 0 bridgehead atoms. The molecule has 1 aliphatic rings. The summed E-state index contributed by atoms with van der Waals surface area (Å²) in [7, 11) is 0. The van der Waals surface area contributed by atoms with E-state index in [1.807, 2.05) is 53.4 Å². The molecule has 1 rings (SSSR count). The van der Waals surface area contributed by atoms with Crippen LogP contribution in [0.3, 0.4) is 0 Å². The summed E-state index contributed by atoms with van der Waals surface area (Å²) in [5.74, 6) is 0.280. The zero-order chi connectivity index (χ0) is 20.0. The molecule has 2 N–H and O–H groups in total. The van der Waals surface area contributed by atoms with Crippen molar-refractivity contribution in [2.45, 2.75) is 72.1 Å². The summed E-state index contributed by atoms with van der Waals surface area (Å²) in [6.07, 6.45) is 0.371. The second-order valence-electron chi connectivity index (χ2n) is 8.33. The van der Waals surface area contributed by atoms with E-state index in [0.717, 1.165) is 13.0 Å². The van der Waals surface area contributed by atoms with Gasteiger partial charge in [0.15, 0.2) is 5.96 Å². The molecule has 150 valence electrons. The molecule has 8 heteroatoms. The molecule has 0 spiro atoms. The number of aliphatic imine (C=N–C) groups is 1. The summed E-state index contributed by atoms with van der Waals surface area (Å²) in [4.78, 5) is 30.2. The number of alkyl carbamates (subject to hydrolysis) is 1. The van der Waals surface area contributed by atoms with Crippen LogP contribution in [0.1, 0.15) is 54.9 Å². The van der Waals surface area contributed by atoms with Crippen molar-refractivity contribution in [3.63, 3.8) is 0 Å². The number of nitrogens with zero attached hydrogens (tertiary/aromatic N) is 2. The predicted molar refractivity (Wildman–Crippen MR) is 101 cm³/mol. The number of nitrogens with one attached hydrogen (secondary N) is 2. The van der Waals surface area contributed by atoms with Crippen LogP contribution in [0.4, 0.5) is 4.79 Å². The fourth-order valence-electron chi connectivity index (χ4n) is 2.48. The van der Waals surface area contributed by atoms with Gasteiger partial charge in [-0.3, -0.25) is 4.79 Å². The average molecular weight is 370 g/mol. The molecule has 1 fully saturated rings. The van der Waals surface area contributed by atoms with Crippen LogP contribution < -0.4 is 10.6 Å². The Bertz CT molecular complexity index is 520. The third-order valence-electron chi connectivity index (χ3n) is 3.32.